The van der Waals surface area contributed by atoms with E-state index in [1.54, 1.807) is 36.2 Å². The van der Waals surface area contributed by atoms with Crippen LogP contribution in [0.15, 0.2) is 12.5 Å². The molecule has 0 saturated heterocycles. The van der Waals surface area contributed by atoms with Crippen molar-refractivity contribution in [3.05, 3.63) is 18.2 Å². The van der Waals surface area contributed by atoms with Crippen molar-refractivity contribution in [3.8, 4) is 0 Å². The van der Waals surface area contributed by atoms with Gasteiger partial charge in [0.25, 0.3) is 5.91 Å². The third-order valence-corrected chi connectivity index (χ3v) is 2.81. The molecule has 0 atom stereocenters. The predicted molar refractivity (Wildman–Crippen MR) is 66.6 cm³/mol. The van der Waals surface area contributed by atoms with Gasteiger partial charge < -0.3 is 15.2 Å². The van der Waals surface area contributed by atoms with E-state index in [9.17, 15) is 4.79 Å². The lowest BCUT2D eigenvalue weighted by Gasteiger charge is -2.14. The molecule has 5 nitrogen and oxygen atoms in total. The van der Waals surface area contributed by atoms with Crippen molar-refractivity contribution >= 4 is 17.7 Å². The first-order chi connectivity index (χ1) is 7.69. The maximum Gasteiger partial charge on any atom is 0.273 e. The molecule has 1 aromatic rings. The van der Waals surface area contributed by atoms with Crippen molar-refractivity contribution in [2.24, 2.45) is 5.73 Å². The van der Waals surface area contributed by atoms with Crippen LogP contribution >= 0.6 is 11.8 Å². The second kappa shape index (κ2) is 6.55. The molecule has 1 rings (SSSR count). The summed E-state index contributed by atoms with van der Waals surface area (Å²) in [4.78, 5) is 17.6. The van der Waals surface area contributed by atoms with Crippen molar-refractivity contribution in [1.82, 2.24) is 14.5 Å². The molecule has 1 heterocycles. The topological polar surface area (TPSA) is 64.2 Å². The molecule has 0 aliphatic rings. The Bertz CT molecular complexity index is 339. The quantitative estimate of drug-likeness (QED) is 0.778. The number of carbonyl (C=O) groups is 1. The van der Waals surface area contributed by atoms with Gasteiger partial charge in [0.2, 0.25) is 0 Å². The van der Waals surface area contributed by atoms with E-state index in [1.165, 1.54) is 0 Å². The highest BCUT2D eigenvalue weighted by Gasteiger charge is 2.13. The minimum atomic E-state index is -0.0372. The molecular formula is C10H18N4OS. The molecule has 1 aromatic heterocycles. The summed E-state index contributed by atoms with van der Waals surface area (Å²) in [5.74, 6) is 0.899. The van der Waals surface area contributed by atoms with Gasteiger partial charge in [-0.25, -0.2) is 4.98 Å². The molecule has 0 aliphatic carbocycles. The van der Waals surface area contributed by atoms with Gasteiger partial charge >= 0.3 is 0 Å². The van der Waals surface area contributed by atoms with E-state index in [0.29, 0.717) is 18.8 Å². The summed E-state index contributed by atoms with van der Waals surface area (Å²) in [5.41, 5.74) is 5.91. The lowest BCUT2D eigenvalue weighted by Crippen LogP contribution is -2.29. The van der Waals surface area contributed by atoms with Gasteiger partial charge in [0.05, 0.1) is 6.33 Å². The Hall–Kier alpha value is -1.01. The molecule has 2 N–H and O–H groups in total. The Balaban J connectivity index is 2.57. The smallest absolute Gasteiger partial charge is 0.273 e. The van der Waals surface area contributed by atoms with Crippen LogP contribution < -0.4 is 5.73 Å². The SMILES string of the molecule is CSCCN(C)C(=O)c1cn(CCN)cn1. The van der Waals surface area contributed by atoms with Gasteiger partial charge in [0.15, 0.2) is 0 Å². The first kappa shape index (κ1) is 13.1. The van der Waals surface area contributed by atoms with Gasteiger partial charge in [-0.05, 0) is 6.26 Å². The van der Waals surface area contributed by atoms with Gasteiger partial charge in [-0.3, -0.25) is 4.79 Å². The van der Waals surface area contributed by atoms with Gasteiger partial charge in [-0.15, -0.1) is 0 Å². The van der Waals surface area contributed by atoms with Crippen LogP contribution in [-0.2, 0) is 6.54 Å². The summed E-state index contributed by atoms with van der Waals surface area (Å²) >= 11 is 1.72. The highest BCUT2D eigenvalue weighted by molar-refractivity contribution is 7.98. The van der Waals surface area contributed by atoms with Gasteiger partial charge in [0.1, 0.15) is 5.69 Å². The van der Waals surface area contributed by atoms with Crippen LogP contribution in [0.5, 0.6) is 0 Å². The van der Waals surface area contributed by atoms with Crippen molar-refractivity contribution in [2.45, 2.75) is 6.54 Å². The van der Waals surface area contributed by atoms with Crippen molar-refractivity contribution in [2.75, 3.05) is 32.1 Å². The number of hydrogen-bond donors (Lipinski definition) is 1. The third kappa shape index (κ3) is 3.53. The second-order valence-electron chi connectivity index (χ2n) is 3.50. The molecule has 0 radical (unpaired) electrons. The third-order valence-electron chi connectivity index (χ3n) is 2.22. The molecule has 0 spiro atoms. The molecule has 6 heteroatoms. The van der Waals surface area contributed by atoms with E-state index in [2.05, 4.69) is 4.98 Å². The van der Waals surface area contributed by atoms with Crippen molar-refractivity contribution in [3.63, 3.8) is 0 Å². The van der Waals surface area contributed by atoms with Crippen molar-refractivity contribution < 1.29 is 4.79 Å². The number of carbonyl (C=O) groups excluding carboxylic acids is 1. The van der Waals surface area contributed by atoms with E-state index in [0.717, 1.165) is 12.3 Å². The first-order valence-corrected chi connectivity index (χ1v) is 6.54. The number of hydrogen-bond acceptors (Lipinski definition) is 4. The Kier molecular flexibility index (Phi) is 5.34. The molecule has 90 valence electrons. The summed E-state index contributed by atoms with van der Waals surface area (Å²) in [5, 5.41) is 0. The van der Waals surface area contributed by atoms with Gasteiger partial charge in [-0.2, -0.15) is 11.8 Å². The zero-order chi connectivity index (χ0) is 12.0. The number of imidazole rings is 1. The van der Waals surface area contributed by atoms with E-state index in [-0.39, 0.29) is 5.91 Å². The Labute approximate surface area is 100 Å². The fourth-order valence-corrected chi connectivity index (χ4v) is 1.72. The lowest BCUT2D eigenvalue weighted by atomic mass is 10.4. The summed E-state index contributed by atoms with van der Waals surface area (Å²) in [7, 11) is 1.79. The van der Waals surface area contributed by atoms with E-state index >= 15 is 0 Å². The number of thioether (sulfide) groups is 1. The van der Waals surface area contributed by atoms with E-state index in [1.807, 2.05) is 10.8 Å². The van der Waals surface area contributed by atoms with Crippen LogP contribution in [-0.4, -0.2) is 52.5 Å². The summed E-state index contributed by atoms with van der Waals surface area (Å²) < 4.78 is 1.83. The summed E-state index contributed by atoms with van der Waals surface area (Å²) in [6, 6.07) is 0. The number of nitrogens with two attached hydrogens (primary N) is 1. The highest BCUT2D eigenvalue weighted by Crippen LogP contribution is 2.02. The normalized spacial score (nSPS) is 10.4. The van der Waals surface area contributed by atoms with Crippen LogP contribution in [0.25, 0.3) is 0 Å². The predicted octanol–water partition coefficient (Wildman–Crippen LogP) is 0.277. The zero-order valence-electron chi connectivity index (χ0n) is 9.72. The number of rotatable bonds is 6. The molecule has 0 fully saturated rings. The van der Waals surface area contributed by atoms with Crippen LogP contribution in [0, 0.1) is 0 Å². The molecule has 0 aromatic carbocycles. The minimum absolute atomic E-state index is 0.0372. The van der Waals surface area contributed by atoms with E-state index in [4.69, 9.17) is 5.73 Å². The fourth-order valence-electron chi connectivity index (χ4n) is 1.27. The molecule has 0 unspecified atom stereocenters. The van der Waals surface area contributed by atoms with Crippen LogP contribution in [0.4, 0.5) is 0 Å². The molecule has 0 aliphatic heterocycles. The fraction of sp³-hybridized carbons (Fsp3) is 0.600. The molecule has 0 bridgehead atoms. The Morgan fingerprint density at radius 3 is 3.06 bits per heavy atom. The van der Waals surface area contributed by atoms with Crippen LogP contribution in [0.2, 0.25) is 0 Å². The average molecular weight is 242 g/mol. The van der Waals surface area contributed by atoms with Crippen LogP contribution in [0.1, 0.15) is 10.5 Å². The zero-order valence-corrected chi connectivity index (χ0v) is 10.5. The summed E-state index contributed by atoms with van der Waals surface area (Å²) in [6.45, 7) is 1.98. The Morgan fingerprint density at radius 2 is 2.44 bits per heavy atom. The Morgan fingerprint density at radius 1 is 1.69 bits per heavy atom. The molecule has 16 heavy (non-hydrogen) atoms. The molecular weight excluding hydrogens is 224 g/mol. The standard InChI is InChI=1S/C10H18N4OS/c1-13(5-6-16-2)10(15)9-7-14(4-3-11)8-12-9/h7-8H,3-6,11H2,1-2H3. The summed E-state index contributed by atoms with van der Waals surface area (Å²) in [6.07, 6.45) is 5.40. The maximum atomic E-state index is 11.9. The number of nitrogens with zero attached hydrogens (tertiary/aromatic N) is 3. The highest BCUT2D eigenvalue weighted by atomic mass is 32.2. The molecule has 0 saturated carbocycles. The van der Waals surface area contributed by atoms with Crippen molar-refractivity contribution in [1.29, 1.82) is 0 Å². The average Bonchev–Trinajstić information content (AvgIpc) is 2.74. The monoisotopic (exact) mass is 242 g/mol. The lowest BCUT2D eigenvalue weighted by molar-refractivity contribution is 0.0798. The maximum absolute atomic E-state index is 11.9. The largest absolute Gasteiger partial charge is 0.339 e. The molecule has 1 amide bonds. The number of aromatic nitrogens is 2. The minimum Gasteiger partial charge on any atom is -0.339 e. The number of amides is 1. The van der Waals surface area contributed by atoms with E-state index < -0.39 is 0 Å². The first-order valence-electron chi connectivity index (χ1n) is 5.15. The second-order valence-corrected chi connectivity index (χ2v) is 4.49. The van der Waals surface area contributed by atoms with Gasteiger partial charge in [0, 0.05) is 38.6 Å². The van der Waals surface area contributed by atoms with Crippen LogP contribution in [0.3, 0.4) is 0 Å². The van der Waals surface area contributed by atoms with Gasteiger partial charge in [-0.1, -0.05) is 0 Å².